The van der Waals surface area contributed by atoms with Crippen LogP contribution in [0.3, 0.4) is 0 Å². The van der Waals surface area contributed by atoms with Gasteiger partial charge in [0.25, 0.3) is 5.91 Å². The number of rotatable bonds is 3. The van der Waals surface area contributed by atoms with Gasteiger partial charge in [0, 0.05) is 12.2 Å². The lowest BCUT2D eigenvalue weighted by Gasteiger charge is -2.10. The SMILES string of the molecule is C=CCNC(=O)Nc1ccc2c(c1)C(=O)Nc1cc(C)ccc1O2. The summed E-state index contributed by atoms with van der Waals surface area (Å²) in [5.41, 5.74) is 2.49. The lowest BCUT2D eigenvalue weighted by atomic mass is 10.1. The molecule has 0 saturated heterocycles. The van der Waals surface area contributed by atoms with Gasteiger partial charge in [-0.3, -0.25) is 4.79 Å². The van der Waals surface area contributed by atoms with Crippen LogP contribution >= 0.6 is 0 Å². The van der Waals surface area contributed by atoms with Gasteiger partial charge in [0.1, 0.15) is 5.75 Å². The molecule has 2 aromatic rings. The van der Waals surface area contributed by atoms with E-state index in [0.717, 1.165) is 5.56 Å². The van der Waals surface area contributed by atoms with Gasteiger partial charge in [-0.2, -0.15) is 0 Å². The van der Waals surface area contributed by atoms with Crippen molar-refractivity contribution in [1.82, 2.24) is 5.32 Å². The molecule has 6 heteroatoms. The summed E-state index contributed by atoms with van der Waals surface area (Å²) in [7, 11) is 0. The monoisotopic (exact) mass is 323 g/mol. The van der Waals surface area contributed by atoms with Crippen molar-refractivity contribution in [3.63, 3.8) is 0 Å². The second-order valence-electron chi connectivity index (χ2n) is 5.39. The Hall–Kier alpha value is -3.28. The van der Waals surface area contributed by atoms with Crippen molar-refractivity contribution in [1.29, 1.82) is 0 Å². The molecule has 0 saturated carbocycles. The third kappa shape index (κ3) is 3.22. The average molecular weight is 323 g/mol. The molecule has 0 aromatic heterocycles. The molecule has 2 aromatic carbocycles. The van der Waals surface area contributed by atoms with Crippen LogP contribution in [0.4, 0.5) is 16.2 Å². The first-order valence-electron chi connectivity index (χ1n) is 7.46. The number of hydrogen-bond acceptors (Lipinski definition) is 3. The second-order valence-corrected chi connectivity index (χ2v) is 5.39. The van der Waals surface area contributed by atoms with Gasteiger partial charge in [-0.25, -0.2) is 4.79 Å². The molecule has 3 N–H and O–H groups in total. The van der Waals surface area contributed by atoms with E-state index in [1.807, 2.05) is 25.1 Å². The van der Waals surface area contributed by atoms with E-state index < -0.39 is 0 Å². The molecule has 1 aliphatic rings. The van der Waals surface area contributed by atoms with Gasteiger partial charge in [0.05, 0.1) is 11.3 Å². The Labute approximate surface area is 139 Å². The summed E-state index contributed by atoms with van der Waals surface area (Å²) < 4.78 is 5.83. The van der Waals surface area contributed by atoms with Crippen molar-refractivity contribution in [3.05, 3.63) is 60.2 Å². The van der Waals surface area contributed by atoms with Gasteiger partial charge in [-0.1, -0.05) is 12.1 Å². The zero-order valence-corrected chi connectivity index (χ0v) is 13.2. The lowest BCUT2D eigenvalue weighted by molar-refractivity contribution is 0.102. The van der Waals surface area contributed by atoms with Crippen molar-refractivity contribution < 1.29 is 14.3 Å². The standard InChI is InChI=1S/C18H17N3O3/c1-3-8-19-18(23)20-12-5-7-15-13(10-12)17(22)21-14-9-11(2)4-6-16(14)24-15/h3-7,9-10H,1,8H2,2H3,(H,21,22)(H2,19,20,23). The fourth-order valence-electron chi connectivity index (χ4n) is 2.35. The molecule has 0 atom stereocenters. The minimum Gasteiger partial charge on any atom is -0.454 e. The van der Waals surface area contributed by atoms with Crippen LogP contribution < -0.4 is 20.7 Å². The number of nitrogens with one attached hydrogen (secondary N) is 3. The Kier molecular flexibility index (Phi) is 4.20. The Morgan fingerprint density at radius 1 is 1.25 bits per heavy atom. The molecule has 3 amide bonds. The third-order valence-corrected chi connectivity index (χ3v) is 3.49. The van der Waals surface area contributed by atoms with Crippen LogP contribution in [0, 0.1) is 6.92 Å². The number of urea groups is 1. The highest BCUT2D eigenvalue weighted by Gasteiger charge is 2.21. The molecule has 0 unspecified atom stereocenters. The minimum absolute atomic E-state index is 0.288. The molecule has 3 rings (SSSR count). The van der Waals surface area contributed by atoms with Crippen molar-refractivity contribution in [2.45, 2.75) is 6.92 Å². The van der Waals surface area contributed by atoms with E-state index in [4.69, 9.17) is 4.74 Å². The maximum Gasteiger partial charge on any atom is 0.319 e. The Bertz CT molecular complexity index is 830. The van der Waals surface area contributed by atoms with Gasteiger partial charge in [0.15, 0.2) is 5.75 Å². The highest BCUT2D eigenvalue weighted by molar-refractivity contribution is 6.09. The highest BCUT2D eigenvalue weighted by Crippen LogP contribution is 2.37. The molecule has 0 bridgehead atoms. The Morgan fingerprint density at radius 3 is 2.83 bits per heavy atom. The molecule has 0 aliphatic carbocycles. The number of benzene rings is 2. The fourth-order valence-corrected chi connectivity index (χ4v) is 2.35. The van der Waals surface area contributed by atoms with Gasteiger partial charge < -0.3 is 20.7 Å². The number of hydrogen-bond donors (Lipinski definition) is 3. The second kappa shape index (κ2) is 6.45. The molecule has 122 valence electrons. The molecule has 0 spiro atoms. The van der Waals surface area contributed by atoms with Gasteiger partial charge in [0.2, 0.25) is 0 Å². The van der Waals surface area contributed by atoms with E-state index in [0.29, 0.717) is 35.0 Å². The van der Waals surface area contributed by atoms with E-state index in [-0.39, 0.29) is 11.9 Å². The highest BCUT2D eigenvalue weighted by atomic mass is 16.5. The number of aryl methyl sites for hydroxylation is 1. The van der Waals surface area contributed by atoms with Crippen LogP contribution in [0.2, 0.25) is 0 Å². The zero-order valence-electron chi connectivity index (χ0n) is 13.2. The Balaban J connectivity index is 1.87. The number of amides is 3. The van der Waals surface area contributed by atoms with E-state index in [9.17, 15) is 9.59 Å². The molecule has 1 heterocycles. The minimum atomic E-state index is -0.372. The molecule has 1 aliphatic heterocycles. The predicted molar refractivity (Wildman–Crippen MR) is 92.9 cm³/mol. The summed E-state index contributed by atoms with van der Waals surface area (Å²) >= 11 is 0. The summed E-state index contributed by atoms with van der Waals surface area (Å²) in [6.45, 7) is 5.83. The Morgan fingerprint density at radius 2 is 2.04 bits per heavy atom. The largest absolute Gasteiger partial charge is 0.454 e. The van der Waals surface area contributed by atoms with Crippen LogP contribution in [0.15, 0.2) is 49.1 Å². The summed E-state index contributed by atoms with van der Waals surface area (Å²) in [5, 5.41) is 8.10. The number of carbonyl (C=O) groups excluding carboxylic acids is 2. The number of anilines is 2. The average Bonchev–Trinajstić information content (AvgIpc) is 2.69. The van der Waals surface area contributed by atoms with E-state index >= 15 is 0 Å². The zero-order chi connectivity index (χ0) is 17.1. The predicted octanol–water partition coefficient (Wildman–Crippen LogP) is 3.66. The molecule has 6 nitrogen and oxygen atoms in total. The van der Waals surface area contributed by atoms with Crippen molar-refractivity contribution >= 4 is 23.3 Å². The van der Waals surface area contributed by atoms with Gasteiger partial charge in [-0.15, -0.1) is 6.58 Å². The van der Waals surface area contributed by atoms with E-state index in [2.05, 4.69) is 22.5 Å². The maximum atomic E-state index is 12.5. The van der Waals surface area contributed by atoms with Crippen molar-refractivity contribution in [3.8, 4) is 11.5 Å². The van der Waals surface area contributed by atoms with Crippen LogP contribution in [0.1, 0.15) is 15.9 Å². The van der Waals surface area contributed by atoms with Crippen molar-refractivity contribution in [2.75, 3.05) is 17.2 Å². The quantitative estimate of drug-likeness (QED) is 0.754. The number of fused-ring (bicyclic) bond motifs is 2. The first-order valence-corrected chi connectivity index (χ1v) is 7.46. The summed E-state index contributed by atoms with van der Waals surface area (Å²) in [5.74, 6) is 0.730. The third-order valence-electron chi connectivity index (χ3n) is 3.49. The molecule has 0 radical (unpaired) electrons. The smallest absolute Gasteiger partial charge is 0.319 e. The first kappa shape index (κ1) is 15.6. The number of carbonyl (C=O) groups is 2. The van der Waals surface area contributed by atoms with Gasteiger partial charge >= 0.3 is 6.03 Å². The molecule has 24 heavy (non-hydrogen) atoms. The molecular weight excluding hydrogens is 306 g/mol. The first-order chi connectivity index (χ1) is 11.6. The lowest BCUT2D eigenvalue weighted by Crippen LogP contribution is -2.28. The molecular formula is C18H17N3O3. The molecule has 0 fully saturated rings. The fraction of sp³-hybridized carbons (Fsp3) is 0.111. The van der Waals surface area contributed by atoms with Crippen molar-refractivity contribution in [2.24, 2.45) is 0 Å². The van der Waals surface area contributed by atoms with Crippen LogP contribution in [0.25, 0.3) is 0 Å². The summed E-state index contributed by atoms with van der Waals surface area (Å²) in [6, 6.07) is 10.1. The van der Waals surface area contributed by atoms with Crippen LogP contribution in [-0.4, -0.2) is 18.5 Å². The summed E-state index contributed by atoms with van der Waals surface area (Å²) in [6.07, 6.45) is 1.58. The maximum absolute atomic E-state index is 12.5. The van der Waals surface area contributed by atoms with Crippen LogP contribution in [0.5, 0.6) is 11.5 Å². The summed E-state index contributed by atoms with van der Waals surface area (Å²) in [4.78, 5) is 24.2. The van der Waals surface area contributed by atoms with Gasteiger partial charge in [-0.05, 0) is 42.8 Å². The number of ether oxygens (including phenoxy) is 1. The van der Waals surface area contributed by atoms with E-state index in [1.54, 1.807) is 24.3 Å². The van der Waals surface area contributed by atoms with E-state index in [1.165, 1.54) is 0 Å². The topological polar surface area (TPSA) is 79.5 Å². The van der Waals surface area contributed by atoms with Crippen LogP contribution in [-0.2, 0) is 0 Å². The normalized spacial score (nSPS) is 12.0.